The Kier molecular flexibility index (Phi) is 4.14. The number of amides is 1. The summed E-state index contributed by atoms with van der Waals surface area (Å²) in [5.74, 6) is -0.101. The number of aromatic nitrogens is 1. The predicted octanol–water partition coefficient (Wildman–Crippen LogP) is 4.16. The molecular weight excluding hydrogens is 312 g/mol. The number of nitrogens with zero attached hydrogens (tertiary/aromatic N) is 1. The van der Waals surface area contributed by atoms with Crippen molar-refractivity contribution in [3.05, 3.63) is 45.9 Å². The lowest BCUT2D eigenvalue weighted by Gasteiger charge is -2.12. The van der Waals surface area contributed by atoms with Crippen LogP contribution in [0.4, 0.5) is 5.69 Å². The minimum absolute atomic E-state index is 0.101. The molecule has 0 aliphatic carbocycles. The molecule has 5 heteroatoms. The number of carbonyl (C=O) groups is 1. The molecule has 1 heterocycles. The number of nitrogens with one attached hydrogen (secondary N) is 1. The smallest absolute Gasteiger partial charge is 0.267 e. The molecule has 18 heavy (non-hydrogen) atoms. The second-order valence-corrected chi connectivity index (χ2v) is 6.15. The number of anilines is 1. The highest BCUT2D eigenvalue weighted by molar-refractivity contribution is 9.09. The van der Waals surface area contributed by atoms with E-state index in [1.807, 2.05) is 38.1 Å². The lowest BCUT2D eigenvalue weighted by Crippen LogP contribution is -2.13. The highest BCUT2D eigenvalue weighted by atomic mass is 79.9. The summed E-state index contributed by atoms with van der Waals surface area (Å²) < 4.78 is 0. The number of hydrogen-bond donors (Lipinski definition) is 1. The third-order valence-corrected chi connectivity index (χ3v) is 4.01. The molecule has 0 aliphatic rings. The highest BCUT2D eigenvalue weighted by Crippen LogP contribution is 2.29. The SMILES string of the molecule is Cc1ncsc1C(=O)Nc1ccccc1C(C)Br. The van der Waals surface area contributed by atoms with E-state index in [9.17, 15) is 4.79 Å². The summed E-state index contributed by atoms with van der Waals surface area (Å²) in [6.45, 7) is 3.87. The van der Waals surface area contributed by atoms with Crippen LogP contribution in [0, 0.1) is 6.92 Å². The second kappa shape index (κ2) is 5.63. The number of hydrogen-bond acceptors (Lipinski definition) is 3. The minimum atomic E-state index is -0.101. The van der Waals surface area contributed by atoms with Crippen LogP contribution in [0.25, 0.3) is 0 Å². The maximum atomic E-state index is 12.1. The molecule has 94 valence electrons. The molecular formula is C13H13BrN2OS. The van der Waals surface area contributed by atoms with E-state index in [2.05, 4.69) is 26.2 Å². The molecule has 0 spiro atoms. The maximum Gasteiger partial charge on any atom is 0.267 e. The Hall–Kier alpha value is -1.20. The fourth-order valence-electron chi connectivity index (χ4n) is 1.66. The van der Waals surface area contributed by atoms with E-state index in [1.54, 1.807) is 5.51 Å². The van der Waals surface area contributed by atoms with Crippen LogP contribution in [0.2, 0.25) is 0 Å². The van der Waals surface area contributed by atoms with Gasteiger partial charge < -0.3 is 5.32 Å². The van der Waals surface area contributed by atoms with Crippen LogP contribution in [-0.2, 0) is 0 Å². The summed E-state index contributed by atoms with van der Waals surface area (Å²) in [6, 6.07) is 7.77. The zero-order chi connectivity index (χ0) is 13.1. The molecule has 0 radical (unpaired) electrons. The molecule has 1 aromatic heterocycles. The van der Waals surface area contributed by atoms with Gasteiger partial charge in [0.2, 0.25) is 0 Å². The lowest BCUT2D eigenvalue weighted by atomic mass is 10.1. The second-order valence-electron chi connectivity index (χ2n) is 3.92. The van der Waals surface area contributed by atoms with Crippen LogP contribution in [-0.4, -0.2) is 10.9 Å². The molecule has 3 nitrogen and oxygen atoms in total. The molecule has 0 aliphatic heterocycles. The summed E-state index contributed by atoms with van der Waals surface area (Å²) in [6.07, 6.45) is 0. The van der Waals surface area contributed by atoms with Crippen molar-refractivity contribution in [3.63, 3.8) is 0 Å². The van der Waals surface area contributed by atoms with Crippen LogP contribution in [0.15, 0.2) is 29.8 Å². The first-order valence-electron chi connectivity index (χ1n) is 5.54. The molecule has 2 rings (SSSR count). The first kappa shape index (κ1) is 13.2. The standard InChI is InChI=1S/C13H13BrN2OS/c1-8(14)10-5-3-4-6-11(10)16-13(17)12-9(2)15-7-18-12/h3-8H,1-2H3,(H,16,17). The molecule has 1 amide bonds. The average molecular weight is 325 g/mol. The molecule has 1 aromatic carbocycles. The third-order valence-electron chi connectivity index (χ3n) is 2.59. The Morgan fingerprint density at radius 3 is 2.78 bits per heavy atom. The van der Waals surface area contributed by atoms with E-state index in [0.717, 1.165) is 16.9 Å². The van der Waals surface area contributed by atoms with E-state index in [4.69, 9.17) is 0 Å². The first-order valence-corrected chi connectivity index (χ1v) is 7.33. The molecule has 0 saturated heterocycles. The van der Waals surface area contributed by atoms with Gasteiger partial charge in [0.1, 0.15) is 4.88 Å². The number of benzene rings is 1. The van der Waals surface area contributed by atoms with Crippen LogP contribution < -0.4 is 5.32 Å². The summed E-state index contributed by atoms with van der Waals surface area (Å²) in [5, 5.41) is 2.94. The minimum Gasteiger partial charge on any atom is -0.321 e. The van der Waals surface area contributed by atoms with E-state index in [1.165, 1.54) is 11.3 Å². The van der Waals surface area contributed by atoms with Gasteiger partial charge in [-0.3, -0.25) is 4.79 Å². The average Bonchev–Trinajstić information content (AvgIpc) is 2.76. The number of carbonyl (C=O) groups excluding carboxylic acids is 1. The normalized spacial score (nSPS) is 12.2. The Bertz CT molecular complexity index is 566. The van der Waals surface area contributed by atoms with Crippen molar-refractivity contribution in [1.82, 2.24) is 4.98 Å². The van der Waals surface area contributed by atoms with Crippen LogP contribution >= 0.6 is 27.3 Å². The van der Waals surface area contributed by atoms with E-state index in [-0.39, 0.29) is 10.7 Å². The van der Waals surface area contributed by atoms with Crippen LogP contribution in [0.5, 0.6) is 0 Å². The Balaban J connectivity index is 2.25. The van der Waals surface area contributed by atoms with E-state index in [0.29, 0.717) is 4.88 Å². The number of halogens is 1. The Labute approximate surface area is 118 Å². The van der Waals surface area contributed by atoms with Crippen molar-refractivity contribution in [2.45, 2.75) is 18.7 Å². The number of rotatable bonds is 3. The topological polar surface area (TPSA) is 42.0 Å². The summed E-state index contributed by atoms with van der Waals surface area (Å²) in [4.78, 5) is 17.1. The third kappa shape index (κ3) is 2.79. The van der Waals surface area contributed by atoms with Gasteiger partial charge >= 0.3 is 0 Å². The zero-order valence-corrected chi connectivity index (χ0v) is 12.5. The fourth-order valence-corrected chi connectivity index (χ4v) is 2.75. The van der Waals surface area contributed by atoms with Gasteiger partial charge in [-0.25, -0.2) is 4.98 Å². The van der Waals surface area contributed by atoms with Gasteiger partial charge in [0.15, 0.2) is 0 Å². The van der Waals surface area contributed by atoms with Crippen LogP contribution in [0.3, 0.4) is 0 Å². The van der Waals surface area contributed by atoms with E-state index < -0.39 is 0 Å². The number of para-hydroxylation sites is 1. The molecule has 1 unspecified atom stereocenters. The highest BCUT2D eigenvalue weighted by Gasteiger charge is 2.14. The predicted molar refractivity (Wildman–Crippen MR) is 78.6 cm³/mol. The molecule has 1 N–H and O–H groups in total. The van der Waals surface area contributed by atoms with E-state index >= 15 is 0 Å². The van der Waals surface area contributed by atoms with Gasteiger partial charge in [-0.15, -0.1) is 11.3 Å². The van der Waals surface area contributed by atoms with Crippen molar-refractivity contribution in [1.29, 1.82) is 0 Å². The maximum absolute atomic E-state index is 12.1. The van der Waals surface area contributed by atoms with Gasteiger partial charge in [0, 0.05) is 10.5 Å². The zero-order valence-electron chi connectivity index (χ0n) is 10.1. The monoisotopic (exact) mass is 324 g/mol. The number of alkyl halides is 1. The van der Waals surface area contributed by atoms with Crippen molar-refractivity contribution >= 4 is 38.9 Å². The largest absolute Gasteiger partial charge is 0.321 e. The number of thiazole rings is 1. The molecule has 2 aromatic rings. The molecule has 0 saturated carbocycles. The summed E-state index contributed by atoms with van der Waals surface area (Å²) in [5.41, 5.74) is 4.35. The first-order chi connectivity index (χ1) is 8.59. The van der Waals surface area contributed by atoms with Gasteiger partial charge in [-0.2, -0.15) is 0 Å². The summed E-state index contributed by atoms with van der Waals surface area (Å²) in [7, 11) is 0. The lowest BCUT2D eigenvalue weighted by molar-refractivity contribution is 0.102. The Morgan fingerprint density at radius 1 is 1.44 bits per heavy atom. The van der Waals surface area contributed by atoms with Crippen molar-refractivity contribution < 1.29 is 4.79 Å². The van der Waals surface area contributed by atoms with Gasteiger partial charge in [0.25, 0.3) is 5.91 Å². The fraction of sp³-hybridized carbons (Fsp3) is 0.231. The van der Waals surface area contributed by atoms with Gasteiger partial charge in [0.05, 0.1) is 11.2 Å². The van der Waals surface area contributed by atoms with Gasteiger partial charge in [-0.05, 0) is 25.5 Å². The molecule has 0 fully saturated rings. The Morgan fingerprint density at radius 2 is 2.17 bits per heavy atom. The van der Waals surface area contributed by atoms with Crippen molar-refractivity contribution in [2.75, 3.05) is 5.32 Å². The quantitative estimate of drug-likeness (QED) is 0.861. The van der Waals surface area contributed by atoms with Crippen LogP contribution in [0.1, 0.15) is 32.7 Å². The van der Waals surface area contributed by atoms with Crippen molar-refractivity contribution in [2.24, 2.45) is 0 Å². The molecule has 1 atom stereocenters. The summed E-state index contributed by atoms with van der Waals surface area (Å²) >= 11 is 4.88. The van der Waals surface area contributed by atoms with Gasteiger partial charge in [-0.1, -0.05) is 34.1 Å². The van der Waals surface area contributed by atoms with Crippen molar-refractivity contribution in [3.8, 4) is 0 Å². The molecule has 0 bridgehead atoms. The number of aryl methyl sites for hydroxylation is 1.